The zero-order chi connectivity index (χ0) is 20.6. The summed E-state index contributed by atoms with van der Waals surface area (Å²) in [4.78, 5) is 0. The largest absolute Gasteiger partial charge is 0.491 e. The van der Waals surface area contributed by atoms with Crippen LogP contribution in [0.25, 0.3) is 0 Å². The molecule has 0 radical (unpaired) electrons. The Morgan fingerprint density at radius 3 is 1.97 bits per heavy atom. The van der Waals surface area contributed by atoms with Crippen LogP contribution in [0.4, 0.5) is 0 Å². The fraction of sp³-hybridized carbons (Fsp3) is 0.704. The summed E-state index contributed by atoms with van der Waals surface area (Å²) in [7, 11) is 0. The van der Waals surface area contributed by atoms with Gasteiger partial charge in [0.2, 0.25) is 0 Å². The molecule has 2 nitrogen and oxygen atoms in total. The maximum Gasteiger partial charge on any atom is 0.123 e. The maximum absolute atomic E-state index is 5.79. The number of rotatable bonds is 18. The van der Waals surface area contributed by atoms with Crippen molar-refractivity contribution in [1.82, 2.24) is 0 Å². The molecule has 0 spiro atoms. The molecule has 0 aromatic heterocycles. The highest BCUT2D eigenvalue weighted by atomic mass is 16.6. The van der Waals surface area contributed by atoms with Gasteiger partial charge in [0.15, 0.2) is 0 Å². The molecule has 0 saturated carbocycles. The SMILES string of the molecule is CCCCCCCCCC/C=C/CCCCCc1ccc(OCC2(C)CO2)cc1. The van der Waals surface area contributed by atoms with Crippen molar-refractivity contribution in [2.24, 2.45) is 0 Å². The van der Waals surface area contributed by atoms with E-state index in [-0.39, 0.29) is 5.60 Å². The number of allylic oxidation sites excluding steroid dienone is 2. The van der Waals surface area contributed by atoms with Gasteiger partial charge in [0, 0.05) is 0 Å². The highest BCUT2D eigenvalue weighted by molar-refractivity contribution is 5.27. The third kappa shape index (κ3) is 12.1. The molecule has 1 heterocycles. The first-order valence-electron chi connectivity index (χ1n) is 12.2. The van der Waals surface area contributed by atoms with Crippen molar-refractivity contribution in [2.75, 3.05) is 13.2 Å². The lowest BCUT2D eigenvalue weighted by Crippen LogP contribution is -2.16. The van der Waals surface area contributed by atoms with E-state index >= 15 is 0 Å². The molecule has 1 atom stereocenters. The van der Waals surface area contributed by atoms with Crippen molar-refractivity contribution < 1.29 is 9.47 Å². The molecular formula is C27H44O2. The molecule has 0 bridgehead atoms. The first kappa shape index (κ1) is 24.0. The van der Waals surface area contributed by atoms with E-state index in [1.54, 1.807) is 0 Å². The van der Waals surface area contributed by atoms with Gasteiger partial charge >= 0.3 is 0 Å². The Morgan fingerprint density at radius 1 is 0.828 bits per heavy atom. The van der Waals surface area contributed by atoms with Crippen LogP contribution in [-0.2, 0) is 11.2 Å². The summed E-state index contributed by atoms with van der Waals surface area (Å²) in [6.45, 7) is 5.85. The van der Waals surface area contributed by atoms with Crippen molar-refractivity contribution in [3.63, 3.8) is 0 Å². The summed E-state index contributed by atoms with van der Waals surface area (Å²) in [5, 5.41) is 0. The van der Waals surface area contributed by atoms with Gasteiger partial charge in [-0.1, -0.05) is 82.6 Å². The Kier molecular flexibility index (Phi) is 12.1. The Labute approximate surface area is 180 Å². The average Bonchev–Trinajstić information content (AvgIpc) is 3.48. The van der Waals surface area contributed by atoms with Crippen molar-refractivity contribution >= 4 is 0 Å². The van der Waals surface area contributed by atoms with Gasteiger partial charge in [-0.05, 0) is 63.1 Å². The van der Waals surface area contributed by atoms with E-state index in [1.165, 1.54) is 95.5 Å². The Hall–Kier alpha value is -1.28. The quantitative estimate of drug-likeness (QED) is 0.141. The van der Waals surface area contributed by atoms with Crippen molar-refractivity contribution in [1.29, 1.82) is 0 Å². The molecule has 0 N–H and O–H groups in total. The van der Waals surface area contributed by atoms with Gasteiger partial charge in [0.1, 0.15) is 18.0 Å². The number of hydrogen-bond donors (Lipinski definition) is 0. The van der Waals surface area contributed by atoms with Crippen LogP contribution in [0, 0.1) is 0 Å². The van der Waals surface area contributed by atoms with Crippen LogP contribution < -0.4 is 4.74 Å². The summed E-state index contributed by atoms with van der Waals surface area (Å²) in [5.74, 6) is 0.951. The minimum absolute atomic E-state index is 0.0407. The van der Waals surface area contributed by atoms with Crippen LogP contribution >= 0.6 is 0 Å². The molecule has 1 aromatic carbocycles. The summed E-state index contributed by atoms with van der Waals surface area (Å²) in [6, 6.07) is 8.59. The zero-order valence-electron chi connectivity index (χ0n) is 19.1. The van der Waals surface area contributed by atoms with Gasteiger partial charge in [0.25, 0.3) is 0 Å². The van der Waals surface area contributed by atoms with Crippen LogP contribution in [0.2, 0.25) is 0 Å². The smallest absolute Gasteiger partial charge is 0.123 e. The van der Waals surface area contributed by atoms with Gasteiger partial charge in [-0.3, -0.25) is 0 Å². The van der Waals surface area contributed by atoms with E-state index in [9.17, 15) is 0 Å². The Balaban J connectivity index is 1.37. The van der Waals surface area contributed by atoms with E-state index in [0.717, 1.165) is 12.4 Å². The topological polar surface area (TPSA) is 21.8 Å². The summed E-state index contributed by atoms with van der Waals surface area (Å²) in [5.41, 5.74) is 1.37. The molecule has 1 aliphatic rings. The van der Waals surface area contributed by atoms with Gasteiger partial charge in [0.05, 0.1) is 6.61 Å². The summed E-state index contributed by atoms with van der Waals surface area (Å²) < 4.78 is 11.1. The van der Waals surface area contributed by atoms with Crippen LogP contribution in [0.15, 0.2) is 36.4 Å². The van der Waals surface area contributed by atoms with Crippen LogP contribution in [0.3, 0.4) is 0 Å². The van der Waals surface area contributed by atoms with E-state index in [0.29, 0.717) is 6.61 Å². The Morgan fingerprint density at radius 2 is 1.38 bits per heavy atom. The zero-order valence-corrected chi connectivity index (χ0v) is 19.1. The highest BCUT2D eigenvalue weighted by Gasteiger charge is 2.40. The van der Waals surface area contributed by atoms with Crippen molar-refractivity contribution in [2.45, 2.75) is 109 Å². The second-order valence-corrected chi connectivity index (χ2v) is 9.01. The molecule has 1 saturated heterocycles. The van der Waals surface area contributed by atoms with Gasteiger partial charge in [-0.25, -0.2) is 0 Å². The number of unbranched alkanes of at least 4 members (excludes halogenated alkanes) is 11. The molecular weight excluding hydrogens is 356 g/mol. The summed E-state index contributed by atoms with van der Waals surface area (Å²) >= 11 is 0. The predicted molar refractivity (Wildman–Crippen MR) is 125 cm³/mol. The number of benzene rings is 1. The van der Waals surface area contributed by atoms with Crippen LogP contribution in [0.1, 0.15) is 103 Å². The third-order valence-electron chi connectivity index (χ3n) is 5.83. The molecule has 0 amide bonds. The molecule has 164 valence electrons. The molecule has 29 heavy (non-hydrogen) atoms. The molecule has 1 aliphatic heterocycles. The predicted octanol–water partition coefficient (Wildman–Crippen LogP) is 8.04. The average molecular weight is 401 g/mol. The molecule has 2 heteroatoms. The first-order valence-corrected chi connectivity index (χ1v) is 12.2. The van der Waals surface area contributed by atoms with Crippen molar-refractivity contribution in [3.8, 4) is 5.75 Å². The number of aryl methyl sites for hydroxylation is 1. The van der Waals surface area contributed by atoms with E-state index in [2.05, 4.69) is 50.3 Å². The van der Waals surface area contributed by atoms with E-state index in [4.69, 9.17) is 9.47 Å². The van der Waals surface area contributed by atoms with Crippen molar-refractivity contribution in [3.05, 3.63) is 42.0 Å². The minimum Gasteiger partial charge on any atom is -0.491 e. The Bertz CT molecular complexity index is 542. The lowest BCUT2D eigenvalue weighted by molar-refractivity contribution is 0.202. The maximum atomic E-state index is 5.79. The number of ether oxygens (including phenoxy) is 2. The fourth-order valence-corrected chi connectivity index (χ4v) is 3.59. The minimum atomic E-state index is -0.0407. The lowest BCUT2D eigenvalue weighted by atomic mass is 10.1. The second-order valence-electron chi connectivity index (χ2n) is 9.01. The normalized spacial score (nSPS) is 18.4. The monoisotopic (exact) mass is 400 g/mol. The lowest BCUT2D eigenvalue weighted by Gasteiger charge is -2.09. The molecule has 1 aromatic rings. The van der Waals surface area contributed by atoms with Gasteiger partial charge < -0.3 is 9.47 Å². The number of epoxide rings is 1. The van der Waals surface area contributed by atoms with E-state index < -0.39 is 0 Å². The first-order chi connectivity index (χ1) is 14.2. The fourth-order valence-electron chi connectivity index (χ4n) is 3.59. The van der Waals surface area contributed by atoms with Gasteiger partial charge in [-0.15, -0.1) is 0 Å². The highest BCUT2D eigenvalue weighted by Crippen LogP contribution is 2.27. The standard InChI is InChI=1S/C27H44O2/c1-3-4-5-6-7-8-9-10-11-12-13-14-15-16-17-18-25-19-21-26(22-20-25)28-23-27(2)24-29-27/h12-13,19-22H,3-11,14-18,23-24H2,1-2H3/b13-12+. The summed E-state index contributed by atoms with van der Waals surface area (Å²) in [6.07, 6.45) is 23.7. The van der Waals surface area contributed by atoms with Crippen LogP contribution in [-0.4, -0.2) is 18.8 Å². The van der Waals surface area contributed by atoms with Crippen LogP contribution in [0.5, 0.6) is 5.75 Å². The molecule has 1 unspecified atom stereocenters. The van der Waals surface area contributed by atoms with E-state index in [1.807, 2.05) is 0 Å². The second kappa shape index (κ2) is 14.7. The van der Waals surface area contributed by atoms with Gasteiger partial charge in [-0.2, -0.15) is 0 Å². The molecule has 1 fully saturated rings. The molecule has 0 aliphatic carbocycles. The third-order valence-corrected chi connectivity index (χ3v) is 5.83. The molecule has 2 rings (SSSR count). The number of hydrogen-bond acceptors (Lipinski definition) is 2.